The van der Waals surface area contributed by atoms with Crippen molar-refractivity contribution in [2.24, 2.45) is 0 Å². The molecule has 0 N–H and O–H groups in total. The maximum atomic E-state index is 13.5. The molecule has 3 heterocycles. The van der Waals surface area contributed by atoms with Crippen molar-refractivity contribution in [2.75, 3.05) is 26.2 Å². The van der Waals surface area contributed by atoms with Gasteiger partial charge in [-0.25, -0.2) is 4.39 Å². The quantitative estimate of drug-likeness (QED) is 0.785. The van der Waals surface area contributed by atoms with Gasteiger partial charge in [0.25, 0.3) is 0 Å². The first kappa shape index (κ1) is 20.0. The molecule has 1 amide bonds. The van der Waals surface area contributed by atoms with Gasteiger partial charge in [0.1, 0.15) is 5.82 Å². The second kappa shape index (κ2) is 9.04. The number of hydrogen-bond acceptors (Lipinski definition) is 3. The highest BCUT2D eigenvalue weighted by atomic mass is 19.1. The molecule has 0 radical (unpaired) electrons. The summed E-state index contributed by atoms with van der Waals surface area (Å²) >= 11 is 0. The van der Waals surface area contributed by atoms with Crippen LogP contribution >= 0.6 is 0 Å². The number of hydrogen-bond donors (Lipinski definition) is 0. The van der Waals surface area contributed by atoms with Crippen LogP contribution in [0.5, 0.6) is 0 Å². The number of likely N-dealkylation sites (tertiary alicyclic amines) is 2. The molecule has 1 atom stereocenters. The molecule has 0 unspecified atom stereocenters. The third kappa shape index (κ3) is 5.02. The van der Waals surface area contributed by atoms with Crippen LogP contribution in [0.2, 0.25) is 0 Å². The smallest absolute Gasteiger partial charge is 0.219 e. The molecule has 2 fully saturated rings. The van der Waals surface area contributed by atoms with Gasteiger partial charge in [-0.15, -0.1) is 0 Å². The largest absolute Gasteiger partial charge is 0.343 e. The van der Waals surface area contributed by atoms with Crippen LogP contribution in [0.4, 0.5) is 4.39 Å². The number of halogens is 1. The Hall–Kier alpha value is -2.27. The van der Waals surface area contributed by atoms with Crippen molar-refractivity contribution in [3.63, 3.8) is 0 Å². The van der Waals surface area contributed by atoms with E-state index in [0.717, 1.165) is 56.0 Å². The zero-order valence-electron chi connectivity index (χ0n) is 17.2. The second-order valence-electron chi connectivity index (χ2n) is 8.43. The lowest BCUT2D eigenvalue weighted by Gasteiger charge is -2.42. The van der Waals surface area contributed by atoms with Crippen LogP contribution in [0, 0.1) is 5.82 Å². The van der Waals surface area contributed by atoms with Crippen molar-refractivity contribution in [3.8, 4) is 0 Å². The van der Waals surface area contributed by atoms with E-state index in [2.05, 4.69) is 17.0 Å². The second-order valence-corrected chi connectivity index (χ2v) is 8.43. The van der Waals surface area contributed by atoms with E-state index in [0.29, 0.717) is 18.4 Å². The van der Waals surface area contributed by atoms with E-state index >= 15 is 0 Å². The molecule has 2 aliphatic rings. The average Bonchev–Trinajstić information content (AvgIpc) is 2.74. The van der Waals surface area contributed by atoms with Crippen molar-refractivity contribution < 1.29 is 9.18 Å². The van der Waals surface area contributed by atoms with Gasteiger partial charge in [-0.2, -0.15) is 0 Å². The fourth-order valence-corrected chi connectivity index (χ4v) is 4.81. The first-order chi connectivity index (χ1) is 14.1. The fraction of sp³-hybridized carbons (Fsp3) is 0.500. The molecule has 29 heavy (non-hydrogen) atoms. The number of pyridine rings is 1. The van der Waals surface area contributed by atoms with E-state index in [9.17, 15) is 9.18 Å². The highest BCUT2D eigenvalue weighted by Gasteiger charge is 2.30. The van der Waals surface area contributed by atoms with Crippen molar-refractivity contribution in [3.05, 3.63) is 65.2 Å². The van der Waals surface area contributed by atoms with Gasteiger partial charge in [0.2, 0.25) is 5.91 Å². The van der Waals surface area contributed by atoms with Crippen LogP contribution in [0.25, 0.3) is 0 Å². The van der Waals surface area contributed by atoms with Crippen LogP contribution in [0.15, 0.2) is 42.5 Å². The Kier molecular flexibility index (Phi) is 6.24. The van der Waals surface area contributed by atoms with E-state index < -0.39 is 0 Å². The first-order valence-corrected chi connectivity index (χ1v) is 10.8. The Morgan fingerprint density at radius 1 is 1.10 bits per heavy atom. The van der Waals surface area contributed by atoms with Gasteiger partial charge in [-0.3, -0.25) is 14.7 Å². The summed E-state index contributed by atoms with van der Waals surface area (Å²) in [6, 6.07) is 13.6. The van der Waals surface area contributed by atoms with E-state index in [1.54, 1.807) is 19.1 Å². The number of piperidine rings is 2. The molecule has 4 rings (SSSR count). The lowest BCUT2D eigenvalue weighted by Crippen LogP contribution is -2.49. The van der Waals surface area contributed by atoms with E-state index in [-0.39, 0.29) is 11.7 Å². The van der Waals surface area contributed by atoms with Crippen LogP contribution < -0.4 is 0 Å². The number of rotatable bonds is 4. The molecule has 1 aromatic carbocycles. The summed E-state index contributed by atoms with van der Waals surface area (Å²) in [4.78, 5) is 21.1. The predicted molar refractivity (Wildman–Crippen MR) is 112 cm³/mol. The third-order valence-corrected chi connectivity index (χ3v) is 6.40. The van der Waals surface area contributed by atoms with Gasteiger partial charge in [-0.05, 0) is 62.1 Å². The first-order valence-electron chi connectivity index (χ1n) is 10.8. The summed E-state index contributed by atoms with van der Waals surface area (Å²) in [5.74, 6) is 0.443. The normalized spacial score (nSPS) is 21.3. The van der Waals surface area contributed by atoms with Crippen LogP contribution in [0.1, 0.15) is 55.5 Å². The molecule has 154 valence electrons. The summed E-state index contributed by atoms with van der Waals surface area (Å²) in [6.45, 7) is 5.61. The van der Waals surface area contributed by atoms with Crippen molar-refractivity contribution >= 4 is 5.91 Å². The van der Waals surface area contributed by atoms with Gasteiger partial charge in [0, 0.05) is 56.3 Å². The minimum absolute atomic E-state index is 0.194. The summed E-state index contributed by atoms with van der Waals surface area (Å²) in [7, 11) is 0. The number of amides is 1. The highest BCUT2D eigenvalue weighted by Crippen LogP contribution is 2.29. The van der Waals surface area contributed by atoms with Gasteiger partial charge < -0.3 is 4.90 Å². The third-order valence-electron chi connectivity index (χ3n) is 6.40. The zero-order valence-corrected chi connectivity index (χ0v) is 17.2. The van der Waals surface area contributed by atoms with Crippen LogP contribution in [-0.4, -0.2) is 52.9 Å². The summed E-state index contributed by atoms with van der Waals surface area (Å²) in [6.07, 6.45) is 5.15. The number of benzene rings is 1. The Labute approximate surface area is 172 Å². The Bertz CT molecular complexity index is 848. The van der Waals surface area contributed by atoms with Gasteiger partial charge >= 0.3 is 0 Å². The number of carbonyl (C=O) groups excluding carboxylic acids is 1. The topological polar surface area (TPSA) is 36.4 Å². The Balaban J connectivity index is 1.40. The monoisotopic (exact) mass is 395 g/mol. The molecule has 0 aliphatic carbocycles. The number of carbonyl (C=O) groups is 1. The van der Waals surface area contributed by atoms with Crippen LogP contribution in [-0.2, 0) is 11.2 Å². The molecule has 1 aromatic heterocycles. The maximum absolute atomic E-state index is 13.5. The van der Waals surface area contributed by atoms with Gasteiger partial charge in [-0.1, -0.05) is 18.2 Å². The zero-order chi connectivity index (χ0) is 20.2. The van der Waals surface area contributed by atoms with Gasteiger partial charge in [0.05, 0.1) is 0 Å². The molecule has 2 aliphatic heterocycles. The molecule has 5 heteroatoms. The molecule has 2 aromatic rings. The van der Waals surface area contributed by atoms with E-state index in [4.69, 9.17) is 4.98 Å². The lowest BCUT2D eigenvalue weighted by atomic mass is 9.91. The Morgan fingerprint density at radius 2 is 1.90 bits per heavy atom. The van der Waals surface area contributed by atoms with Crippen molar-refractivity contribution in [1.82, 2.24) is 14.8 Å². The molecule has 0 spiro atoms. The minimum Gasteiger partial charge on any atom is -0.343 e. The number of nitrogens with zero attached hydrogens (tertiary/aromatic N) is 3. The Morgan fingerprint density at radius 3 is 2.66 bits per heavy atom. The molecule has 0 bridgehead atoms. The van der Waals surface area contributed by atoms with E-state index in [1.807, 2.05) is 17.0 Å². The summed E-state index contributed by atoms with van der Waals surface area (Å²) in [5.41, 5.74) is 3.11. The van der Waals surface area contributed by atoms with E-state index in [1.165, 1.54) is 18.9 Å². The summed E-state index contributed by atoms with van der Waals surface area (Å²) in [5, 5.41) is 0. The fourth-order valence-electron chi connectivity index (χ4n) is 4.81. The van der Waals surface area contributed by atoms with Gasteiger partial charge in [0.15, 0.2) is 0 Å². The molecular weight excluding hydrogens is 365 g/mol. The van der Waals surface area contributed by atoms with Crippen molar-refractivity contribution in [1.29, 1.82) is 0 Å². The average molecular weight is 396 g/mol. The standard InChI is InChI=1S/C24H30FN3O/c1-18(29)27-13-10-23(11-14-27)28-12-4-6-20(17-28)24-9-3-8-22(26-24)16-19-5-2-7-21(25)15-19/h2-3,5,7-9,15,20,23H,4,6,10-14,16-17H2,1H3/t20-/m1/s1. The molecule has 4 nitrogen and oxygen atoms in total. The SMILES string of the molecule is CC(=O)N1CCC(N2CCC[C@@H](c3cccc(Cc4cccc(F)c4)n3)C2)CC1. The molecule has 0 saturated carbocycles. The maximum Gasteiger partial charge on any atom is 0.219 e. The predicted octanol–water partition coefficient (Wildman–Crippen LogP) is 4.00. The summed E-state index contributed by atoms with van der Waals surface area (Å²) < 4.78 is 13.5. The van der Waals surface area contributed by atoms with Crippen molar-refractivity contribution in [2.45, 2.75) is 51.0 Å². The molecule has 2 saturated heterocycles. The lowest BCUT2D eigenvalue weighted by molar-refractivity contribution is -0.130. The highest BCUT2D eigenvalue weighted by molar-refractivity contribution is 5.73. The number of aromatic nitrogens is 1. The minimum atomic E-state index is -0.197. The van der Waals surface area contributed by atoms with Crippen LogP contribution in [0.3, 0.4) is 0 Å². The molecular formula is C24H30FN3O.